The molecule has 0 spiro atoms. The highest BCUT2D eigenvalue weighted by Crippen LogP contribution is 2.22. The van der Waals surface area contributed by atoms with Gasteiger partial charge >= 0.3 is 0 Å². The van der Waals surface area contributed by atoms with Gasteiger partial charge in [-0.1, -0.05) is 13.0 Å². The summed E-state index contributed by atoms with van der Waals surface area (Å²) in [6, 6.07) is 3.44. The minimum atomic E-state index is -0.614. The zero-order valence-electron chi connectivity index (χ0n) is 12.5. The molecule has 0 saturated carbocycles. The first-order valence-corrected chi connectivity index (χ1v) is 7.96. The van der Waals surface area contributed by atoms with Gasteiger partial charge in [0.2, 0.25) is 5.91 Å². The molecule has 1 heterocycles. The van der Waals surface area contributed by atoms with Crippen molar-refractivity contribution in [1.29, 1.82) is 0 Å². The molecule has 1 atom stereocenters. The Kier molecular flexibility index (Phi) is 5.60. The first kappa shape index (κ1) is 16.5. The molecule has 22 heavy (non-hydrogen) atoms. The maximum Gasteiger partial charge on any atom is 0.220 e. The van der Waals surface area contributed by atoms with Gasteiger partial charge in [-0.3, -0.25) is 4.79 Å². The molecule has 3 nitrogen and oxygen atoms in total. The SMILES string of the molecule is Cc1nc(CCNC(=O)CC(C)c2ccc(F)cc2F)cs1. The Morgan fingerprint density at radius 3 is 2.82 bits per heavy atom. The van der Waals surface area contributed by atoms with E-state index in [2.05, 4.69) is 10.3 Å². The lowest BCUT2D eigenvalue weighted by atomic mass is 9.97. The van der Waals surface area contributed by atoms with Crippen LogP contribution in [0.2, 0.25) is 0 Å². The van der Waals surface area contributed by atoms with Crippen LogP contribution in [0.15, 0.2) is 23.6 Å². The van der Waals surface area contributed by atoms with E-state index in [-0.39, 0.29) is 18.2 Å². The molecule has 1 unspecified atom stereocenters. The molecule has 0 bridgehead atoms. The maximum absolute atomic E-state index is 13.6. The van der Waals surface area contributed by atoms with Crippen molar-refractivity contribution in [2.45, 2.75) is 32.6 Å². The lowest BCUT2D eigenvalue weighted by Crippen LogP contribution is -2.27. The van der Waals surface area contributed by atoms with Gasteiger partial charge in [0.25, 0.3) is 0 Å². The number of halogens is 2. The van der Waals surface area contributed by atoms with Crippen molar-refractivity contribution < 1.29 is 13.6 Å². The molecule has 118 valence electrons. The predicted molar refractivity (Wildman–Crippen MR) is 83.0 cm³/mol. The van der Waals surface area contributed by atoms with E-state index in [1.165, 1.54) is 12.1 Å². The second kappa shape index (κ2) is 7.45. The Hall–Kier alpha value is -1.82. The zero-order valence-corrected chi connectivity index (χ0v) is 13.3. The third kappa shape index (κ3) is 4.59. The molecule has 0 aliphatic rings. The summed E-state index contributed by atoms with van der Waals surface area (Å²) in [5.74, 6) is -1.68. The van der Waals surface area contributed by atoms with Crippen LogP contribution in [0, 0.1) is 18.6 Å². The van der Waals surface area contributed by atoms with Gasteiger partial charge in [-0.15, -0.1) is 11.3 Å². The molecular weight excluding hydrogens is 306 g/mol. The standard InChI is InChI=1S/C16H18F2N2OS/c1-10(14-4-3-12(17)8-15(14)18)7-16(21)19-6-5-13-9-22-11(2)20-13/h3-4,8-10H,5-7H2,1-2H3,(H,19,21). The Morgan fingerprint density at radius 2 is 2.18 bits per heavy atom. The van der Waals surface area contributed by atoms with E-state index >= 15 is 0 Å². The summed E-state index contributed by atoms with van der Waals surface area (Å²) in [5, 5.41) is 5.77. The molecule has 0 saturated heterocycles. The van der Waals surface area contributed by atoms with Crippen molar-refractivity contribution in [3.05, 3.63) is 51.5 Å². The summed E-state index contributed by atoms with van der Waals surface area (Å²) in [7, 11) is 0. The number of nitrogens with zero attached hydrogens (tertiary/aromatic N) is 1. The van der Waals surface area contributed by atoms with E-state index in [0.717, 1.165) is 16.8 Å². The molecule has 1 amide bonds. The quantitative estimate of drug-likeness (QED) is 0.882. The van der Waals surface area contributed by atoms with Gasteiger partial charge in [0.05, 0.1) is 10.7 Å². The Labute approximate surface area is 132 Å². The van der Waals surface area contributed by atoms with Crippen LogP contribution < -0.4 is 5.32 Å². The van der Waals surface area contributed by atoms with Crippen LogP contribution in [0.3, 0.4) is 0 Å². The number of hydrogen-bond acceptors (Lipinski definition) is 3. The van der Waals surface area contributed by atoms with Crippen LogP contribution in [-0.2, 0) is 11.2 Å². The molecule has 1 aromatic heterocycles. The summed E-state index contributed by atoms with van der Waals surface area (Å²) >= 11 is 1.58. The Bertz CT molecular complexity index is 657. The third-order valence-corrected chi connectivity index (χ3v) is 4.18. The van der Waals surface area contributed by atoms with E-state index in [1.807, 2.05) is 12.3 Å². The number of nitrogens with one attached hydrogen (secondary N) is 1. The van der Waals surface area contributed by atoms with E-state index < -0.39 is 11.6 Å². The number of rotatable bonds is 6. The van der Waals surface area contributed by atoms with E-state index in [9.17, 15) is 13.6 Å². The first-order chi connectivity index (χ1) is 10.5. The van der Waals surface area contributed by atoms with Crippen molar-refractivity contribution in [1.82, 2.24) is 10.3 Å². The van der Waals surface area contributed by atoms with Crippen molar-refractivity contribution in [3.63, 3.8) is 0 Å². The summed E-state index contributed by atoms with van der Waals surface area (Å²) in [6.45, 7) is 4.19. The molecule has 2 rings (SSSR count). The average Bonchev–Trinajstić information content (AvgIpc) is 2.84. The van der Waals surface area contributed by atoms with Crippen molar-refractivity contribution >= 4 is 17.2 Å². The third-order valence-electron chi connectivity index (χ3n) is 3.35. The number of carbonyl (C=O) groups is 1. The van der Waals surface area contributed by atoms with Crippen molar-refractivity contribution in [2.24, 2.45) is 0 Å². The number of thiazole rings is 1. The van der Waals surface area contributed by atoms with E-state index in [1.54, 1.807) is 18.3 Å². The number of benzene rings is 1. The van der Waals surface area contributed by atoms with Crippen LogP contribution in [0.4, 0.5) is 8.78 Å². The summed E-state index contributed by atoms with van der Waals surface area (Å²) in [5.41, 5.74) is 1.31. The summed E-state index contributed by atoms with van der Waals surface area (Å²) in [4.78, 5) is 16.2. The van der Waals surface area contributed by atoms with Crippen LogP contribution in [0.5, 0.6) is 0 Å². The molecule has 2 aromatic rings. The topological polar surface area (TPSA) is 42.0 Å². The van der Waals surface area contributed by atoms with Gasteiger partial charge in [0.1, 0.15) is 11.6 Å². The van der Waals surface area contributed by atoms with Gasteiger partial charge in [0, 0.05) is 30.8 Å². The van der Waals surface area contributed by atoms with Gasteiger partial charge in [-0.2, -0.15) is 0 Å². The highest BCUT2D eigenvalue weighted by atomic mass is 32.1. The zero-order chi connectivity index (χ0) is 16.1. The first-order valence-electron chi connectivity index (χ1n) is 7.08. The Morgan fingerprint density at radius 1 is 1.41 bits per heavy atom. The number of carbonyl (C=O) groups excluding carboxylic acids is 1. The molecule has 1 aromatic carbocycles. The molecule has 0 aliphatic heterocycles. The van der Waals surface area contributed by atoms with Gasteiger partial charge in [-0.25, -0.2) is 13.8 Å². The van der Waals surface area contributed by atoms with Gasteiger partial charge < -0.3 is 5.32 Å². The van der Waals surface area contributed by atoms with Crippen molar-refractivity contribution in [2.75, 3.05) is 6.54 Å². The molecule has 0 radical (unpaired) electrons. The lowest BCUT2D eigenvalue weighted by molar-refractivity contribution is -0.121. The Balaban J connectivity index is 1.81. The van der Waals surface area contributed by atoms with Crippen LogP contribution in [-0.4, -0.2) is 17.4 Å². The number of aromatic nitrogens is 1. The van der Waals surface area contributed by atoms with E-state index in [4.69, 9.17) is 0 Å². The number of amides is 1. The fraction of sp³-hybridized carbons (Fsp3) is 0.375. The smallest absolute Gasteiger partial charge is 0.220 e. The summed E-state index contributed by atoms with van der Waals surface area (Å²) in [6.07, 6.45) is 0.841. The maximum atomic E-state index is 13.6. The molecule has 0 fully saturated rings. The second-order valence-electron chi connectivity index (χ2n) is 5.23. The van der Waals surface area contributed by atoms with Gasteiger partial charge in [0.15, 0.2) is 0 Å². The minimum absolute atomic E-state index is 0.150. The van der Waals surface area contributed by atoms with Crippen LogP contribution in [0.25, 0.3) is 0 Å². The van der Waals surface area contributed by atoms with Gasteiger partial charge in [-0.05, 0) is 24.5 Å². The highest BCUT2D eigenvalue weighted by molar-refractivity contribution is 7.09. The lowest BCUT2D eigenvalue weighted by Gasteiger charge is -2.13. The normalized spacial score (nSPS) is 12.2. The molecule has 6 heteroatoms. The predicted octanol–water partition coefficient (Wildman–Crippen LogP) is 3.58. The fourth-order valence-electron chi connectivity index (χ4n) is 2.21. The number of hydrogen-bond donors (Lipinski definition) is 1. The fourth-order valence-corrected chi connectivity index (χ4v) is 2.86. The highest BCUT2D eigenvalue weighted by Gasteiger charge is 2.15. The molecule has 0 aliphatic carbocycles. The average molecular weight is 324 g/mol. The van der Waals surface area contributed by atoms with Crippen molar-refractivity contribution in [3.8, 4) is 0 Å². The van der Waals surface area contributed by atoms with Crippen LogP contribution in [0.1, 0.15) is 35.5 Å². The van der Waals surface area contributed by atoms with E-state index in [0.29, 0.717) is 18.5 Å². The largest absolute Gasteiger partial charge is 0.356 e. The number of aryl methyl sites for hydroxylation is 1. The monoisotopic (exact) mass is 324 g/mol. The van der Waals surface area contributed by atoms with Crippen LogP contribution >= 0.6 is 11.3 Å². The second-order valence-corrected chi connectivity index (χ2v) is 6.29. The summed E-state index contributed by atoms with van der Waals surface area (Å²) < 4.78 is 26.5. The molecular formula is C16H18F2N2OS. The minimum Gasteiger partial charge on any atom is -0.356 e. The molecule has 1 N–H and O–H groups in total.